The van der Waals surface area contributed by atoms with Crippen LogP contribution in [0, 0.1) is 5.92 Å². The maximum atomic E-state index is 13.1. The van der Waals surface area contributed by atoms with Crippen molar-refractivity contribution >= 4 is 23.1 Å². The van der Waals surface area contributed by atoms with Crippen LogP contribution in [-0.4, -0.2) is 18.4 Å². The fraction of sp³-hybridized carbons (Fsp3) is 0.500. The van der Waals surface area contributed by atoms with Gasteiger partial charge in [0.2, 0.25) is 0 Å². The number of carbonyl (C=O) groups is 1. The molecule has 20 heavy (non-hydrogen) atoms. The molecule has 1 aromatic rings. The van der Waals surface area contributed by atoms with E-state index in [-0.39, 0.29) is 34.9 Å². The first kappa shape index (κ1) is 15.2. The van der Waals surface area contributed by atoms with Crippen molar-refractivity contribution in [2.24, 2.45) is 5.92 Å². The molecule has 0 aliphatic carbocycles. The van der Waals surface area contributed by atoms with E-state index in [1.165, 1.54) is 12.1 Å². The van der Waals surface area contributed by atoms with Gasteiger partial charge in [0.15, 0.2) is 0 Å². The monoisotopic (exact) mass is 305 g/mol. The second kappa shape index (κ2) is 5.28. The highest BCUT2D eigenvalue weighted by atomic mass is 35.5. The van der Waals surface area contributed by atoms with Gasteiger partial charge in [-0.15, -0.1) is 0 Å². The Morgan fingerprint density at radius 3 is 2.55 bits per heavy atom. The third-order valence-corrected chi connectivity index (χ3v) is 4.13. The highest BCUT2D eigenvalue weighted by Gasteiger charge is 2.38. The van der Waals surface area contributed by atoms with Crippen LogP contribution in [0.2, 0.25) is 5.02 Å². The number of hydrogen-bond donors (Lipinski definition) is 0. The fourth-order valence-electron chi connectivity index (χ4n) is 2.53. The Morgan fingerprint density at radius 1 is 1.30 bits per heavy atom. The smallest absolute Gasteiger partial charge is 0.367 e. The van der Waals surface area contributed by atoms with Gasteiger partial charge in [0.1, 0.15) is 5.78 Å². The minimum Gasteiger partial charge on any atom is -0.367 e. The number of rotatable bonds is 1. The SMILES string of the molecule is CC1C(=O)CCN(c2ccc(Cl)cc2C(F)(F)F)C1C. The highest BCUT2D eigenvalue weighted by molar-refractivity contribution is 6.30. The van der Waals surface area contributed by atoms with Gasteiger partial charge < -0.3 is 4.90 Å². The Kier molecular flexibility index (Phi) is 4.00. The van der Waals surface area contributed by atoms with Crippen LogP contribution in [0.3, 0.4) is 0 Å². The zero-order chi connectivity index (χ0) is 15.1. The summed E-state index contributed by atoms with van der Waals surface area (Å²) in [4.78, 5) is 13.3. The van der Waals surface area contributed by atoms with Crippen LogP contribution < -0.4 is 4.90 Å². The lowest BCUT2D eigenvalue weighted by molar-refractivity contribution is -0.137. The first-order valence-electron chi connectivity index (χ1n) is 6.38. The van der Waals surface area contributed by atoms with Crippen molar-refractivity contribution in [1.82, 2.24) is 0 Å². The summed E-state index contributed by atoms with van der Waals surface area (Å²) in [6.07, 6.45) is -4.20. The van der Waals surface area contributed by atoms with Gasteiger partial charge in [0, 0.05) is 35.6 Å². The number of nitrogens with zero attached hydrogens (tertiary/aromatic N) is 1. The standard InChI is InChI=1S/C14H15ClF3NO/c1-8-9(2)19(6-5-13(8)20)12-4-3-10(15)7-11(12)14(16,17)18/h3-4,7-9H,5-6H2,1-2H3. The summed E-state index contributed by atoms with van der Waals surface area (Å²) in [6, 6.07) is 3.49. The second-order valence-electron chi connectivity index (χ2n) is 5.10. The summed E-state index contributed by atoms with van der Waals surface area (Å²) in [6.45, 7) is 3.83. The minimum absolute atomic E-state index is 0.0508. The molecule has 0 bridgehead atoms. The Morgan fingerprint density at radius 2 is 1.95 bits per heavy atom. The average molecular weight is 306 g/mol. The molecule has 0 amide bonds. The third kappa shape index (κ3) is 2.77. The molecular formula is C14H15ClF3NO. The molecule has 1 heterocycles. The van der Waals surface area contributed by atoms with Crippen LogP contribution in [0.1, 0.15) is 25.8 Å². The molecule has 0 aromatic heterocycles. The number of piperidine rings is 1. The summed E-state index contributed by atoms with van der Waals surface area (Å²) in [5.74, 6) is -0.184. The van der Waals surface area contributed by atoms with Gasteiger partial charge in [0.05, 0.1) is 5.56 Å². The molecule has 0 radical (unpaired) electrons. The number of halogens is 4. The molecule has 1 aliphatic heterocycles. The van der Waals surface area contributed by atoms with Gasteiger partial charge in [-0.3, -0.25) is 4.79 Å². The minimum atomic E-state index is -4.47. The quantitative estimate of drug-likeness (QED) is 0.776. The van der Waals surface area contributed by atoms with Gasteiger partial charge >= 0.3 is 6.18 Å². The molecule has 2 nitrogen and oxygen atoms in total. The van der Waals surface area contributed by atoms with Crippen molar-refractivity contribution in [2.45, 2.75) is 32.5 Å². The van der Waals surface area contributed by atoms with Crippen molar-refractivity contribution < 1.29 is 18.0 Å². The molecular weight excluding hydrogens is 291 g/mol. The van der Waals surface area contributed by atoms with E-state index in [0.717, 1.165) is 6.07 Å². The van der Waals surface area contributed by atoms with Gasteiger partial charge in [-0.05, 0) is 25.1 Å². The molecule has 0 saturated carbocycles. The van der Waals surface area contributed by atoms with E-state index in [1.807, 2.05) is 0 Å². The molecule has 2 rings (SSSR count). The van der Waals surface area contributed by atoms with Crippen LogP contribution in [0.15, 0.2) is 18.2 Å². The van der Waals surface area contributed by atoms with Crippen LogP contribution in [0.4, 0.5) is 18.9 Å². The van der Waals surface area contributed by atoms with Crippen LogP contribution in [-0.2, 0) is 11.0 Å². The average Bonchev–Trinajstić information content (AvgIpc) is 2.36. The third-order valence-electron chi connectivity index (χ3n) is 3.90. The summed E-state index contributed by atoms with van der Waals surface area (Å²) >= 11 is 5.68. The Labute approximate surface area is 120 Å². The van der Waals surface area contributed by atoms with Crippen molar-refractivity contribution in [1.29, 1.82) is 0 Å². The molecule has 1 aliphatic rings. The second-order valence-corrected chi connectivity index (χ2v) is 5.53. The lowest BCUT2D eigenvalue weighted by Crippen LogP contribution is -2.47. The zero-order valence-corrected chi connectivity index (χ0v) is 11.9. The molecule has 110 valence electrons. The normalized spacial score (nSPS) is 24.1. The number of Topliss-reactive ketones (excluding diaryl/α,β-unsaturated/α-hetero) is 1. The van der Waals surface area contributed by atoms with Gasteiger partial charge in [0.25, 0.3) is 0 Å². The maximum absolute atomic E-state index is 13.1. The number of ketones is 1. The number of anilines is 1. The molecule has 1 saturated heterocycles. The zero-order valence-electron chi connectivity index (χ0n) is 11.2. The van der Waals surface area contributed by atoms with E-state index < -0.39 is 11.7 Å². The Bertz CT molecular complexity index is 530. The summed E-state index contributed by atoms with van der Waals surface area (Å²) < 4.78 is 39.4. The van der Waals surface area contributed by atoms with Crippen molar-refractivity contribution in [2.75, 3.05) is 11.4 Å². The number of alkyl halides is 3. The van der Waals surface area contributed by atoms with Crippen molar-refractivity contribution in [3.8, 4) is 0 Å². The number of hydrogen-bond acceptors (Lipinski definition) is 2. The summed E-state index contributed by atoms with van der Waals surface area (Å²) in [7, 11) is 0. The van der Waals surface area contributed by atoms with E-state index in [4.69, 9.17) is 11.6 Å². The highest BCUT2D eigenvalue weighted by Crippen LogP contribution is 2.40. The lowest BCUT2D eigenvalue weighted by Gasteiger charge is -2.39. The predicted molar refractivity (Wildman–Crippen MR) is 72.1 cm³/mol. The molecule has 2 unspecified atom stereocenters. The van der Waals surface area contributed by atoms with Gasteiger partial charge in [-0.1, -0.05) is 18.5 Å². The summed E-state index contributed by atoms with van der Waals surface area (Å²) in [5, 5.41) is 0.0508. The summed E-state index contributed by atoms with van der Waals surface area (Å²) in [5.41, 5.74) is -0.660. The van der Waals surface area contributed by atoms with Gasteiger partial charge in [-0.2, -0.15) is 13.2 Å². The molecule has 6 heteroatoms. The topological polar surface area (TPSA) is 20.3 Å². The van der Waals surface area contributed by atoms with Crippen LogP contribution in [0.5, 0.6) is 0 Å². The maximum Gasteiger partial charge on any atom is 0.418 e. The first-order chi connectivity index (χ1) is 9.21. The van der Waals surface area contributed by atoms with Crippen molar-refractivity contribution in [3.05, 3.63) is 28.8 Å². The molecule has 2 atom stereocenters. The Balaban J connectivity index is 2.45. The van der Waals surface area contributed by atoms with Crippen LogP contribution in [0.25, 0.3) is 0 Å². The number of benzene rings is 1. The predicted octanol–water partition coefficient (Wildman–Crippen LogP) is 4.16. The first-order valence-corrected chi connectivity index (χ1v) is 6.75. The van der Waals surface area contributed by atoms with E-state index >= 15 is 0 Å². The van der Waals surface area contributed by atoms with E-state index in [1.54, 1.807) is 18.7 Å². The molecule has 0 spiro atoms. The fourth-order valence-corrected chi connectivity index (χ4v) is 2.70. The largest absolute Gasteiger partial charge is 0.418 e. The van der Waals surface area contributed by atoms with Gasteiger partial charge in [-0.25, -0.2) is 0 Å². The molecule has 0 N–H and O–H groups in total. The van der Waals surface area contributed by atoms with E-state index in [9.17, 15) is 18.0 Å². The molecule has 1 aromatic carbocycles. The van der Waals surface area contributed by atoms with Crippen LogP contribution >= 0.6 is 11.6 Å². The van der Waals surface area contributed by atoms with Crippen molar-refractivity contribution in [3.63, 3.8) is 0 Å². The van der Waals surface area contributed by atoms with E-state index in [2.05, 4.69) is 0 Å². The lowest BCUT2D eigenvalue weighted by atomic mass is 9.90. The number of carbonyl (C=O) groups excluding carboxylic acids is 1. The van der Waals surface area contributed by atoms with E-state index in [0.29, 0.717) is 6.54 Å². The molecule has 1 fully saturated rings. The Hall–Kier alpha value is -1.23.